The molecule has 0 bridgehead atoms. The third-order valence-corrected chi connectivity index (χ3v) is 6.86. The SMILES string of the molecule is CC.Cc1c(O)c(Nc2ccc(N3CCC(O)C3)cc2)cc(Nc2ccc(N3CCC(O)C3)cc2)c1O. The van der Waals surface area contributed by atoms with Gasteiger partial charge in [-0.25, -0.2) is 0 Å². The van der Waals surface area contributed by atoms with Crippen LogP contribution >= 0.6 is 0 Å². The van der Waals surface area contributed by atoms with E-state index in [0.29, 0.717) is 30.0 Å². The average molecular weight is 507 g/mol. The number of hydrogen-bond donors (Lipinski definition) is 6. The molecule has 0 amide bonds. The summed E-state index contributed by atoms with van der Waals surface area (Å²) in [5.41, 5.74) is 5.04. The predicted molar refractivity (Wildman–Crippen MR) is 151 cm³/mol. The number of hydrogen-bond acceptors (Lipinski definition) is 8. The van der Waals surface area contributed by atoms with Crippen LogP contribution in [-0.4, -0.2) is 58.8 Å². The summed E-state index contributed by atoms with van der Waals surface area (Å²) >= 11 is 0. The van der Waals surface area contributed by atoms with Gasteiger partial charge in [0.15, 0.2) is 0 Å². The van der Waals surface area contributed by atoms with E-state index in [1.54, 1.807) is 13.0 Å². The van der Waals surface area contributed by atoms with Gasteiger partial charge in [0, 0.05) is 54.5 Å². The zero-order valence-electron chi connectivity index (χ0n) is 21.8. The minimum absolute atomic E-state index is 0.0114. The Balaban J connectivity index is 0.00000156. The minimum Gasteiger partial charge on any atom is -0.505 e. The van der Waals surface area contributed by atoms with Gasteiger partial charge < -0.3 is 40.9 Å². The molecule has 0 aromatic heterocycles. The van der Waals surface area contributed by atoms with Crippen molar-refractivity contribution in [2.24, 2.45) is 0 Å². The Morgan fingerprint density at radius 1 is 0.676 bits per heavy atom. The highest BCUT2D eigenvalue weighted by atomic mass is 16.3. The van der Waals surface area contributed by atoms with Crippen LogP contribution < -0.4 is 20.4 Å². The van der Waals surface area contributed by atoms with Crippen molar-refractivity contribution in [3.8, 4) is 11.5 Å². The Bertz CT molecular complexity index is 1090. The molecule has 198 valence electrons. The van der Waals surface area contributed by atoms with Crippen LogP contribution in [0, 0.1) is 6.92 Å². The normalized spacial score (nSPS) is 18.9. The number of rotatable bonds is 6. The Kier molecular flexibility index (Phi) is 8.31. The highest BCUT2D eigenvalue weighted by molar-refractivity contribution is 5.80. The largest absolute Gasteiger partial charge is 0.505 e. The Morgan fingerprint density at radius 2 is 1.05 bits per heavy atom. The molecular formula is C29H38N4O4. The van der Waals surface area contributed by atoms with E-state index in [9.17, 15) is 20.4 Å². The molecule has 2 aliphatic heterocycles. The summed E-state index contributed by atoms with van der Waals surface area (Å²) < 4.78 is 0. The second-order valence-corrected chi connectivity index (χ2v) is 9.41. The van der Waals surface area contributed by atoms with E-state index < -0.39 is 0 Å². The summed E-state index contributed by atoms with van der Waals surface area (Å²) in [6, 6.07) is 17.4. The highest BCUT2D eigenvalue weighted by Gasteiger charge is 2.21. The summed E-state index contributed by atoms with van der Waals surface area (Å²) in [5.74, 6) is -0.0227. The molecule has 2 heterocycles. The average Bonchev–Trinajstić information content (AvgIpc) is 3.56. The number of phenolic OH excluding ortho intramolecular Hbond substituents is 2. The number of nitrogens with zero attached hydrogens (tertiary/aromatic N) is 2. The first kappa shape index (κ1) is 26.4. The van der Waals surface area contributed by atoms with Gasteiger partial charge in [-0.05, 0) is 74.4 Å². The molecule has 2 fully saturated rings. The zero-order chi connectivity index (χ0) is 26.5. The number of β-amino-alcohol motifs (C(OH)–C–C–N with tert-alkyl or cyclic N) is 2. The van der Waals surface area contributed by atoms with E-state index in [1.807, 2.05) is 62.4 Å². The highest BCUT2D eigenvalue weighted by Crippen LogP contribution is 2.42. The van der Waals surface area contributed by atoms with Gasteiger partial charge >= 0.3 is 0 Å². The predicted octanol–water partition coefficient (Wildman–Crippen LogP) is 5.06. The Hall–Kier alpha value is -3.62. The molecule has 0 spiro atoms. The molecule has 0 aliphatic carbocycles. The number of phenols is 2. The Morgan fingerprint density at radius 3 is 1.38 bits per heavy atom. The van der Waals surface area contributed by atoms with Crippen molar-refractivity contribution in [2.45, 2.75) is 45.8 Å². The maximum Gasteiger partial charge on any atom is 0.145 e. The van der Waals surface area contributed by atoms with Crippen molar-refractivity contribution < 1.29 is 20.4 Å². The fraction of sp³-hybridized carbons (Fsp3) is 0.379. The number of benzene rings is 3. The van der Waals surface area contributed by atoms with Gasteiger partial charge in [-0.3, -0.25) is 0 Å². The van der Waals surface area contributed by atoms with Crippen molar-refractivity contribution in [3.05, 3.63) is 60.2 Å². The first-order valence-corrected chi connectivity index (χ1v) is 13.0. The quantitative estimate of drug-likeness (QED) is 0.203. The maximum atomic E-state index is 10.7. The van der Waals surface area contributed by atoms with Crippen LogP contribution in [0.5, 0.6) is 11.5 Å². The third kappa shape index (κ3) is 6.03. The molecule has 8 nitrogen and oxygen atoms in total. The fourth-order valence-corrected chi connectivity index (χ4v) is 4.76. The molecule has 2 unspecified atom stereocenters. The lowest BCUT2D eigenvalue weighted by Crippen LogP contribution is -2.20. The summed E-state index contributed by atoms with van der Waals surface area (Å²) in [4.78, 5) is 4.30. The van der Waals surface area contributed by atoms with Crippen molar-refractivity contribution in [1.82, 2.24) is 0 Å². The second kappa shape index (κ2) is 11.6. The van der Waals surface area contributed by atoms with E-state index in [2.05, 4.69) is 20.4 Å². The molecule has 6 N–H and O–H groups in total. The van der Waals surface area contributed by atoms with Gasteiger partial charge in [-0.1, -0.05) is 13.8 Å². The van der Waals surface area contributed by atoms with Gasteiger partial charge in [-0.15, -0.1) is 0 Å². The second-order valence-electron chi connectivity index (χ2n) is 9.41. The van der Waals surface area contributed by atoms with Crippen LogP contribution in [-0.2, 0) is 0 Å². The van der Waals surface area contributed by atoms with E-state index >= 15 is 0 Å². The van der Waals surface area contributed by atoms with Crippen LogP contribution in [0.15, 0.2) is 54.6 Å². The molecule has 5 rings (SSSR count). The lowest BCUT2D eigenvalue weighted by atomic mass is 10.1. The molecule has 37 heavy (non-hydrogen) atoms. The number of aliphatic hydroxyl groups is 2. The summed E-state index contributed by atoms with van der Waals surface area (Å²) in [6.07, 6.45) is 1.00. The molecule has 3 aromatic rings. The lowest BCUT2D eigenvalue weighted by molar-refractivity contribution is 0.198. The topological polar surface area (TPSA) is 111 Å². The molecule has 2 aliphatic rings. The van der Waals surface area contributed by atoms with Crippen LogP contribution in [0.3, 0.4) is 0 Å². The number of nitrogens with one attached hydrogen (secondary N) is 2. The third-order valence-electron chi connectivity index (χ3n) is 6.86. The van der Waals surface area contributed by atoms with Crippen LogP contribution in [0.2, 0.25) is 0 Å². The first-order chi connectivity index (χ1) is 17.9. The van der Waals surface area contributed by atoms with Crippen molar-refractivity contribution in [1.29, 1.82) is 0 Å². The molecule has 3 aromatic carbocycles. The van der Waals surface area contributed by atoms with Gasteiger partial charge in [0.05, 0.1) is 23.6 Å². The molecular weight excluding hydrogens is 468 g/mol. The van der Waals surface area contributed by atoms with E-state index in [-0.39, 0.29) is 23.7 Å². The standard InChI is InChI=1S/C27H32N4O4.C2H6/c1-17-26(34)24(28-18-2-6-20(7-3-18)30-12-10-22(32)15-30)14-25(27(17)35)29-19-4-8-21(9-5-19)31-13-11-23(33)16-31;1-2/h2-9,14,22-23,28-29,32-35H,10-13,15-16H2,1H3;1-2H3. The summed E-state index contributed by atoms with van der Waals surface area (Å²) in [6.45, 7) is 8.62. The molecule has 8 heteroatoms. The molecule has 2 atom stereocenters. The number of aliphatic hydroxyl groups excluding tert-OH is 2. The Labute approximate surface area is 218 Å². The van der Waals surface area contributed by atoms with Gasteiger partial charge in [0.2, 0.25) is 0 Å². The van der Waals surface area contributed by atoms with Crippen LogP contribution in [0.1, 0.15) is 32.3 Å². The maximum absolute atomic E-state index is 10.7. The monoisotopic (exact) mass is 506 g/mol. The lowest BCUT2D eigenvalue weighted by Gasteiger charge is -2.20. The van der Waals surface area contributed by atoms with Gasteiger partial charge in [-0.2, -0.15) is 0 Å². The van der Waals surface area contributed by atoms with Gasteiger partial charge in [0.1, 0.15) is 11.5 Å². The summed E-state index contributed by atoms with van der Waals surface area (Å²) in [7, 11) is 0. The van der Waals surface area contributed by atoms with E-state index in [4.69, 9.17) is 0 Å². The van der Waals surface area contributed by atoms with Crippen LogP contribution in [0.4, 0.5) is 34.1 Å². The summed E-state index contributed by atoms with van der Waals surface area (Å²) in [5, 5.41) is 47.3. The first-order valence-electron chi connectivity index (χ1n) is 13.0. The van der Waals surface area contributed by atoms with E-state index in [1.165, 1.54) is 0 Å². The van der Waals surface area contributed by atoms with Crippen LogP contribution in [0.25, 0.3) is 0 Å². The van der Waals surface area contributed by atoms with Gasteiger partial charge in [0.25, 0.3) is 0 Å². The molecule has 0 saturated carbocycles. The zero-order valence-corrected chi connectivity index (χ0v) is 21.8. The molecule has 0 radical (unpaired) electrons. The minimum atomic E-state index is -0.278. The fourth-order valence-electron chi connectivity index (χ4n) is 4.76. The number of aromatic hydroxyl groups is 2. The van der Waals surface area contributed by atoms with Crippen molar-refractivity contribution in [3.63, 3.8) is 0 Å². The van der Waals surface area contributed by atoms with Crippen molar-refractivity contribution >= 4 is 34.1 Å². The van der Waals surface area contributed by atoms with E-state index in [0.717, 1.165) is 48.7 Å². The smallest absolute Gasteiger partial charge is 0.145 e. The van der Waals surface area contributed by atoms with Crippen molar-refractivity contribution in [2.75, 3.05) is 46.6 Å². The number of anilines is 6. The molecule has 2 saturated heterocycles.